The average molecular weight is 340 g/mol. The maximum Gasteiger partial charge on any atom is 0.129 e. The molecule has 2 heteroatoms. The molecule has 0 aliphatic heterocycles. The molecule has 0 atom stereocenters. The first-order valence-corrected chi connectivity index (χ1v) is 9.67. The Bertz CT molecular complexity index is 669. The minimum atomic E-state index is -0.187. The maximum atomic E-state index is 14.2. The molecule has 2 aromatic rings. The molecule has 1 aliphatic carbocycles. The highest BCUT2D eigenvalue weighted by Crippen LogP contribution is 2.37. The molecule has 0 heterocycles. The van der Waals surface area contributed by atoms with Crippen LogP contribution < -0.4 is 0 Å². The van der Waals surface area contributed by atoms with E-state index in [4.69, 9.17) is 4.74 Å². The van der Waals surface area contributed by atoms with E-state index in [1.807, 2.05) is 19.1 Å². The van der Waals surface area contributed by atoms with Crippen molar-refractivity contribution in [2.45, 2.75) is 58.5 Å². The highest BCUT2D eigenvalue weighted by molar-refractivity contribution is 5.64. The number of rotatable bonds is 6. The van der Waals surface area contributed by atoms with Crippen LogP contribution in [-0.4, -0.2) is 6.61 Å². The maximum absolute atomic E-state index is 14.2. The predicted octanol–water partition coefficient (Wildman–Crippen LogP) is 6.71. The minimum absolute atomic E-state index is 0.187. The molecule has 134 valence electrons. The molecule has 1 fully saturated rings. The van der Waals surface area contributed by atoms with Gasteiger partial charge in [0.1, 0.15) is 5.82 Å². The van der Waals surface area contributed by atoms with E-state index in [0.717, 1.165) is 17.0 Å². The Morgan fingerprint density at radius 1 is 0.920 bits per heavy atom. The molecule has 0 amide bonds. The number of ether oxygens (including phenoxy) is 1. The molecule has 0 unspecified atom stereocenters. The van der Waals surface area contributed by atoms with E-state index >= 15 is 0 Å². The van der Waals surface area contributed by atoms with Crippen LogP contribution in [0.2, 0.25) is 0 Å². The van der Waals surface area contributed by atoms with Crippen LogP contribution in [0.5, 0.6) is 0 Å². The van der Waals surface area contributed by atoms with Crippen molar-refractivity contribution >= 4 is 0 Å². The third kappa shape index (κ3) is 4.49. The summed E-state index contributed by atoms with van der Waals surface area (Å²) in [7, 11) is 0. The second-order valence-corrected chi connectivity index (χ2v) is 7.19. The second-order valence-electron chi connectivity index (χ2n) is 7.19. The SMILES string of the molecule is CCOCc1ccc(-c2ccc([C@H]3CC[C@H](CC)CC3)cc2)cc1F. The van der Waals surface area contributed by atoms with Gasteiger partial charge in [0.05, 0.1) is 6.61 Å². The summed E-state index contributed by atoms with van der Waals surface area (Å²) in [6, 6.07) is 14.2. The first-order valence-electron chi connectivity index (χ1n) is 9.67. The zero-order valence-electron chi connectivity index (χ0n) is 15.4. The summed E-state index contributed by atoms with van der Waals surface area (Å²) in [5, 5.41) is 0. The molecule has 1 saturated carbocycles. The molecule has 0 radical (unpaired) electrons. The van der Waals surface area contributed by atoms with E-state index in [1.54, 1.807) is 6.07 Å². The molecule has 2 aromatic carbocycles. The number of halogens is 1. The van der Waals surface area contributed by atoms with Gasteiger partial charge in [-0.2, -0.15) is 0 Å². The Morgan fingerprint density at radius 2 is 1.60 bits per heavy atom. The molecular weight excluding hydrogens is 311 g/mol. The van der Waals surface area contributed by atoms with Gasteiger partial charge in [-0.3, -0.25) is 0 Å². The third-order valence-electron chi connectivity index (χ3n) is 5.65. The Morgan fingerprint density at radius 3 is 2.20 bits per heavy atom. The van der Waals surface area contributed by atoms with Crippen LogP contribution in [0.25, 0.3) is 11.1 Å². The van der Waals surface area contributed by atoms with Gasteiger partial charge < -0.3 is 4.74 Å². The van der Waals surface area contributed by atoms with E-state index in [1.165, 1.54) is 37.7 Å². The Hall–Kier alpha value is -1.67. The quantitative estimate of drug-likeness (QED) is 0.567. The highest BCUT2D eigenvalue weighted by Gasteiger charge is 2.21. The lowest BCUT2D eigenvalue weighted by molar-refractivity contribution is 0.131. The lowest BCUT2D eigenvalue weighted by Gasteiger charge is -2.28. The smallest absolute Gasteiger partial charge is 0.129 e. The summed E-state index contributed by atoms with van der Waals surface area (Å²) < 4.78 is 19.5. The molecule has 1 aliphatic rings. The molecule has 1 nitrogen and oxygen atoms in total. The van der Waals surface area contributed by atoms with E-state index < -0.39 is 0 Å². The van der Waals surface area contributed by atoms with E-state index in [0.29, 0.717) is 24.7 Å². The first-order chi connectivity index (χ1) is 12.2. The van der Waals surface area contributed by atoms with Gasteiger partial charge >= 0.3 is 0 Å². The minimum Gasteiger partial charge on any atom is -0.377 e. The number of hydrogen-bond donors (Lipinski definition) is 0. The highest BCUT2D eigenvalue weighted by atomic mass is 19.1. The average Bonchev–Trinajstić information content (AvgIpc) is 2.67. The van der Waals surface area contributed by atoms with Crippen LogP contribution in [0.1, 0.15) is 63.0 Å². The topological polar surface area (TPSA) is 9.23 Å². The van der Waals surface area contributed by atoms with Crippen molar-refractivity contribution < 1.29 is 9.13 Å². The van der Waals surface area contributed by atoms with Gasteiger partial charge in [0, 0.05) is 12.2 Å². The summed E-state index contributed by atoms with van der Waals surface area (Å²) in [5.41, 5.74) is 4.06. The number of hydrogen-bond acceptors (Lipinski definition) is 1. The van der Waals surface area contributed by atoms with Crippen LogP contribution in [0, 0.1) is 11.7 Å². The van der Waals surface area contributed by atoms with Crippen molar-refractivity contribution in [2.24, 2.45) is 5.92 Å². The fourth-order valence-electron chi connectivity index (χ4n) is 3.91. The summed E-state index contributed by atoms with van der Waals surface area (Å²) in [6.07, 6.45) is 6.64. The normalized spacial score (nSPS) is 20.6. The van der Waals surface area contributed by atoms with Crippen LogP contribution in [-0.2, 0) is 11.3 Å². The van der Waals surface area contributed by atoms with Crippen molar-refractivity contribution in [2.75, 3.05) is 6.61 Å². The van der Waals surface area contributed by atoms with Crippen molar-refractivity contribution in [3.05, 3.63) is 59.4 Å². The van der Waals surface area contributed by atoms with Gasteiger partial charge in [-0.05, 0) is 67.2 Å². The van der Waals surface area contributed by atoms with Crippen molar-refractivity contribution in [1.29, 1.82) is 0 Å². The van der Waals surface area contributed by atoms with E-state index in [-0.39, 0.29) is 5.82 Å². The molecule has 25 heavy (non-hydrogen) atoms. The molecule has 0 bridgehead atoms. The Labute approximate surface area is 151 Å². The van der Waals surface area contributed by atoms with Gasteiger partial charge in [-0.25, -0.2) is 4.39 Å². The number of benzene rings is 2. The summed E-state index contributed by atoms with van der Waals surface area (Å²) in [5.74, 6) is 1.43. The fourth-order valence-corrected chi connectivity index (χ4v) is 3.91. The van der Waals surface area contributed by atoms with Crippen molar-refractivity contribution in [3.63, 3.8) is 0 Å². The second kappa shape index (κ2) is 8.62. The zero-order chi connectivity index (χ0) is 17.6. The fraction of sp³-hybridized carbons (Fsp3) is 0.478. The molecule has 0 saturated heterocycles. The standard InChI is InChI=1S/C23H29FO/c1-3-17-5-7-18(8-6-17)19-9-11-20(12-10-19)21-13-14-22(16-25-4-2)23(24)15-21/h9-15,17-18H,3-8,16H2,1-2H3/t17-,18-. The van der Waals surface area contributed by atoms with Gasteiger partial charge in [-0.1, -0.05) is 49.7 Å². The largest absolute Gasteiger partial charge is 0.377 e. The van der Waals surface area contributed by atoms with Gasteiger partial charge in [0.25, 0.3) is 0 Å². The molecule has 0 spiro atoms. The Kier molecular flexibility index (Phi) is 6.25. The lowest BCUT2D eigenvalue weighted by Crippen LogP contribution is -2.12. The summed E-state index contributed by atoms with van der Waals surface area (Å²) in [4.78, 5) is 0. The zero-order valence-corrected chi connectivity index (χ0v) is 15.4. The van der Waals surface area contributed by atoms with E-state index in [9.17, 15) is 4.39 Å². The van der Waals surface area contributed by atoms with Crippen LogP contribution in [0.15, 0.2) is 42.5 Å². The molecule has 0 N–H and O–H groups in total. The monoisotopic (exact) mass is 340 g/mol. The summed E-state index contributed by atoms with van der Waals surface area (Å²) in [6.45, 7) is 5.16. The van der Waals surface area contributed by atoms with Crippen LogP contribution in [0.4, 0.5) is 4.39 Å². The summed E-state index contributed by atoms with van der Waals surface area (Å²) >= 11 is 0. The van der Waals surface area contributed by atoms with E-state index in [2.05, 4.69) is 31.2 Å². The van der Waals surface area contributed by atoms with Crippen molar-refractivity contribution in [3.8, 4) is 11.1 Å². The molecule has 0 aromatic heterocycles. The molecule has 3 rings (SSSR count). The third-order valence-corrected chi connectivity index (χ3v) is 5.65. The van der Waals surface area contributed by atoms with Gasteiger partial charge in [0.2, 0.25) is 0 Å². The molecular formula is C23H29FO. The van der Waals surface area contributed by atoms with Crippen molar-refractivity contribution in [1.82, 2.24) is 0 Å². The first kappa shape index (κ1) is 18.1. The van der Waals surface area contributed by atoms with Gasteiger partial charge in [-0.15, -0.1) is 0 Å². The van der Waals surface area contributed by atoms with Crippen LogP contribution in [0.3, 0.4) is 0 Å². The predicted molar refractivity (Wildman–Crippen MR) is 102 cm³/mol. The Balaban J connectivity index is 1.69. The van der Waals surface area contributed by atoms with Gasteiger partial charge in [0.15, 0.2) is 0 Å². The lowest BCUT2D eigenvalue weighted by atomic mass is 9.77. The van der Waals surface area contributed by atoms with Crippen LogP contribution >= 0.6 is 0 Å².